The van der Waals surface area contributed by atoms with Crippen LogP contribution in [0.5, 0.6) is 0 Å². The summed E-state index contributed by atoms with van der Waals surface area (Å²) in [6.45, 7) is 0. The van der Waals surface area contributed by atoms with E-state index in [4.69, 9.17) is 0 Å². The van der Waals surface area contributed by atoms with Crippen LogP contribution in [0.2, 0.25) is 0 Å². The Bertz CT molecular complexity index is 694. The van der Waals surface area contributed by atoms with Crippen molar-refractivity contribution in [3.8, 4) is 0 Å². The fourth-order valence-corrected chi connectivity index (χ4v) is 9.04. The van der Waals surface area contributed by atoms with Crippen LogP contribution in [0, 0.1) is 20.2 Å². The maximum absolute atomic E-state index is 11.1. The molecule has 0 aliphatic carbocycles. The number of halogens is 2. The minimum absolute atomic E-state index is 0.0519. The number of hydrogen-bond acceptors (Lipinski definition) is 4. The molecule has 0 amide bonds. The zero-order chi connectivity index (χ0) is 16.3. The van der Waals surface area contributed by atoms with Crippen molar-refractivity contribution >= 4 is 78.4 Å². The molecule has 2 rings (SSSR count). The molecular weight excluding hydrogens is 554 g/mol. The summed E-state index contributed by atoms with van der Waals surface area (Å²) >= 11 is 6.00. The van der Waals surface area contributed by atoms with Gasteiger partial charge in [-0.1, -0.05) is 0 Å². The van der Waals surface area contributed by atoms with Gasteiger partial charge in [0.05, 0.1) is 0 Å². The van der Waals surface area contributed by atoms with Gasteiger partial charge in [0.1, 0.15) is 0 Å². The first-order chi connectivity index (χ1) is 10.4. The molecule has 0 aliphatic rings. The molecular formula is C12H6Br2N2O4Se2. The van der Waals surface area contributed by atoms with Crippen LogP contribution in [0.1, 0.15) is 0 Å². The van der Waals surface area contributed by atoms with Gasteiger partial charge in [0, 0.05) is 0 Å². The molecule has 22 heavy (non-hydrogen) atoms. The van der Waals surface area contributed by atoms with E-state index in [0.717, 1.165) is 0 Å². The normalized spacial score (nSPS) is 10.5. The predicted octanol–water partition coefficient (Wildman–Crippen LogP) is 2.30. The van der Waals surface area contributed by atoms with Gasteiger partial charge in [0.15, 0.2) is 0 Å². The number of hydrogen-bond donors (Lipinski definition) is 0. The second-order valence-electron chi connectivity index (χ2n) is 3.90. The quantitative estimate of drug-likeness (QED) is 0.320. The van der Waals surface area contributed by atoms with Crippen molar-refractivity contribution in [1.82, 2.24) is 0 Å². The van der Waals surface area contributed by atoms with Gasteiger partial charge in [-0.2, -0.15) is 0 Å². The van der Waals surface area contributed by atoms with E-state index in [9.17, 15) is 20.2 Å². The predicted molar refractivity (Wildman–Crippen MR) is 92.4 cm³/mol. The fourth-order valence-electron chi connectivity index (χ4n) is 1.50. The number of benzene rings is 2. The van der Waals surface area contributed by atoms with E-state index in [0.29, 0.717) is 17.9 Å². The summed E-state index contributed by atoms with van der Waals surface area (Å²) in [4.78, 5) is 21.3. The fraction of sp³-hybridized carbons (Fsp3) is 0. The molecule has 0 atom stereocenters. The van der Waals surface area contributed by atoms with E-state index >= 15 is 0 Å². The second-order valence-corrected chi connectivity index (χ2v) is 11.9. The van der Waals surface area contributed by atoms with Crippen LogP contribution in [0.4, 0.5) is 11.4 Å². The Morgan fingerprint density at radius 1 is 0.773 bits per heavy atom. The molecule has 0 saturated heterocycles. The molecule has 0 heterocycles. The van der Waals surface area contributed by atoms with Gasteiger partial charge >= 0.3 is 154 Å². The third-order valence-corrected chi connectivity index (χ3v) is 10.6. The molecule has 0 aliphatic heterocycles. The van der Waals surface area contributed by atoms with Crippen molar-refractivity contribution in [2.24, 2.45) is 0 Å². The monoisotopic (exact) mass is 560 g/mol. The Labute approximate surface area is 153 Å². The molecule has 0 spiro atoms. The summed E-state index contributed by atoms with van der Waals surface area (Å²) in [5, 5.41) is 22.2. The topological polar surface area (TPSA) is 86.3 Å². The number of rotatable bonds is 5. The van der Waals surface area contributed by atoms with Crippen LogP contribution in [0.15, 0.2) is 45.3 Å². The zero-order valence-electron chi connectivity index (χ0n) is 10.6. The summed E-state index contributed by atoms with van der Waals surface area (Å²) < 4.78 is 2.55. The van der Waals surface area contributed by atoms with Crippen LogP contribution >= 0.6 is 31.9 Å². The van der Waals surface area contributed by atoms with E-state index in [1.807, 2.05) is 0 Å². The van der Waals surface area contributed by atoms with Gasteiger partial charge in [-0.25, -0.2) is 0 Å². The molecule has 0 unspecified atom stereocenters. The molecule has 0 N–H and O–H groups in total. The molecule has 2 aromatic carbocycles. The first kappa shape index (κ1) is 17.6. The van der Waals surface area contributed by atoms with E-state index in [2.05, 4.69) is 31.9 Å². The van der Waals surface area contributed by atoms with Gasteiger partial charge in [0.2, 0.25) is 0 Å². The first-order valence-corrected chi connectivity index (χ1v) is 13.2. The number of nitro groups is 2. The molecule has 10 heteroatoms. The minimum atomic E-state index is -0.423. The van der Waals surface area contributed by atoms with Gasteiger partial charge in [0.25, 0.3) is 0 Å². The summed E-state index contributed by atoms with van der Waals surface area (Å²) in [6, 6.07) is 9.82. The van der Waals surface area contributed by atoms with Crippen LogP contribution in [-0.2, 0) is 0 Å². The molecule has 114 valence electrons. The molecule has 0 radical (unpaired) electrons. The van der Waals surface area contributed by atoms with Crippen molar-refractivity contribution < 1.29 is 9.85 Å². The van der Waals surface area contributed by atoms with Crippen LogP contribution in [0.3, 0.4) is 0 Å². The van der Waals surface area contributed by atoms with Crippen molar-refractivity contribution in [3.63, 3.8) is 0 Å². The first-order valence-electron chi connectivity index (χ1n) is 5.61. The number of nitrogens with zero attached hydrogens (tertiary/aromatic N) is 2. The molecule has 6 nitrogen and oxygen atoms in total. The second kappa shape index (κ2) is 7.68. The van der Waals surface area contributed by atoms with Gasteiger partial charge in [-0.3, -0.25) is 0 Å². The Hall–Kier alpha value is -0.761. The average Bonchev–Trinajstić information content (AvgIpc) is 2.46. The third kappa shape index (κ3) is 4.38. The Morgan fingerprint density at radius 2 is 1.14 bits per heavy atom. The molecule has 0 bridgehead atoms. The summed E-state index contributed by atoms with van der Waals surface area (Å²) in [5.74, 6) is 0. The van der Waals surface area contributed by atoms with Crippen molar-refractivity contribution in [1.29, 1.82) is 0 Å². The SMILES string of the molecule is O=[N+]([O-])c1cc(Br)ccc1[Se][Se]c1ccc(Br)cc1[N+](=O)[O-]. The van der Waals surface area contributed by atoms with Crippen molar-refractivity contribution in [2.75, 3.05) is 0 Å². The van der Waals surface area contributed by atoms with Crippen molar-refractivity contribution in [3.05, 3.63) is 65.6 Å². The Balaban J connectivity index is 2.28. The third-order valence-electron chi connectivity index (χ3n) is 2.46. The van der Waals surface area contributed by atoms with Crippen LogP contribution in [-0.4, -0.2) is 36.1 Å². The molecule has 0 fully saturated rings. The molecule has 0 saturated carbocycles. The van der Waals surface area contributed by atoms with Gasteiger partial charge in [-0.15, -0.1) is 0 Å². The Morgan fingerprint density at radius 3 is 1.45 bits per heavy atom. The summed E-state index contributed by atoms with van der Waals surface area (Å²) in [7, 11) is 0. The molecule has 2 aromatic rings. The summed E-state index contributed by atoms with van der Waals surface area (Å²) in [6.07, 6.45) is 0. The van der Waals surface area contributed by atoms with E-state index in [1.54, 1.807) is 24.3 Å². The van der Waals surface area contributed by atoms with Gasteiger partial charge in [-0.05, 0) is 0 Å². The van der Waals surface area contributed by atoms with Crippen LogP contribution < -0.4 is 8.92 Å². The van der Waals surface area contributed by atoms with Gasteiger partial charge < -0.3 is 0 Å². The Kier molecular flexibility index (Phi) is 6.14. The van der Waals surface area contributed by atoms with Crippen molar-refractivity contribution in [2.45, 2.75) is 0 Å². The number of nitro benzene ring substituents is 2. The van der Waals surface area contributed by atoms with E-state index in [1.165, 1.54) is 12.1 Å². The standard InChI is InChI=1S/C12H6Br2N2O4Se2/c13-7-1-3-11(9(5-7)15(17)18)21-22-12-4-2-8(14)6-10(12)16(19)20/h1-6H. The zero-order valence-corrected chi connectivity index (χ0v) is 17.2. The average molecular weight is 560 g/mol. The van der Waals surface area contributed by atoms with E-state index in [-0.39, 0.29) is 37.6 Å². The maximum atomic E-state index is 11.1. The van der Waals surface area contributed by atoms with Crippen LogP contribution in [0.25, 0.3) is 0 Å². The molecule has 0 aromatic heterocycles. The van der Waals surface area contributed by atoms with E-state index < -0.39 is 9.85 Å². The summed E-state index contributed by atoms with van der Waals surface area (Å²) in [5.41, 5.74) is 0.104.